The number of carbonyl (C=O) groups excluding carboxylic acids is 1. The molecule has 2 fully saturated rings. The average Bonchev–Trinajstić information content (AvgIpc) is 3.43. The van der Waals surface area contributed by atoms with Crippen molar-refractivity contribution in [3.05, 3.63) is 59.2 Å². The number of hydrogen-bond acceptors (Lipinski definition) is 6. The number of ether oxygens (including phenoxy) is 2. The van der Waals surface area contributed by atoms with Crippen LogP contribution in [-0.2, 0) is 39.1 Å². The second-order valence-corrected chi connectivity index (χ2v) is 11.0. The molecule has 9 heteroatoms. The maximum absolute atomic E-state index is 12.9. The second-order valence-electron chi connectivity index (χ2n) is 9.07. The predicted octanol–water partition coefficient (Wildman–Crippen LogP) is 2.56. The molecule has 0 unspecified atom stereocenters. The molecule has 2 saturated heterocycles. The topological polar surface area (TPSA) is 88.2 Å². The number of nitrogens with zero attached hydrogens (tertiary/aromatic N) is 2. The summed E-state index contributed by atoms with van der Waals surface area (Å²) >= 11 is 0. The van der Waals surface area contributed by atoms with Crippen molar-refractivity contribution in [2.45, 2.75) is 43.7 Å². The molecule has 2 aliphatic rings. The number of hydrogen-bond donors (Lipinski definition) is 1. The summed E-state index contributed by atoms with van der Waals surface area (Å²) in [6.45, 7) is 5.86. The SMILES string of the molecule is COc1ccc(S(=O)(=O)N2CCCC2)cc1CCC(=O)NCc1cccc(CN2CCOCC2)c1. The van der Waals surface area contributed by atoms with Crippen molar-refractivity contribution < 1.29 is 22.7 Å². The third-order valence-electron chi connectivity index (χ3n) is 6.57. The van der Waals surface area contributed by atoms with Crippen molar-refractivity contribution in [2.24, 2.45) is 0 Å². The van der Waals surface area contributed by atoms with Crippen LogP contribution in [0.2, 0.25) is 0 Å². The van der Waals surface area contributed by atoms with Gasteiger partial charge in [-0.3, -0.25) is 9.69 Å². The fourth-order valence-corrected chi connectivity index (χ4v) is 6.15. The van der Waals surface area contributed by atoms with E-state index in [1.165, 1.54) is 9.87 Å². The standard InChI is InChI=1S/C26H35N3O5S/c1-33-25-9-8-24(35(31,32)29-11-2-3-12-29)18-23(25)7-10-26(30)27-19-21-5-4-6-22(17-21)20-28-13-15-34-16-14-28/h4-6,8-9,17-18H,2-3,7,10-16,19-20H2,1H3,(H,27,30). The van der Waals surface area contributed by atoms with E-state index in [1.807, 2.05) is 12.1 Å². The van der Waals surface area contributed by atoms with Crippen LogP contribution in [0.1, 0.15) is 36.0 Å². The Labute approximate surface area is 208 Å². The highest BCUT2D eigenvalue weighted by Gasteiger charge is 2.27. The summed E-state index contributed by atoms with van der Waals surface area (Å²) in [5.41, 5.74) is 3.00. The van der Waals surface area contributed by atoms with E-state index in [4.69, 9.17) is 9.47 Å². The largest absolute Gasteiger partial charge is 0.496 e. The molecule has 2 aliphatic heterocycles. The molecule has 190 valence electrons. The molecule has 2 aromatic carbocycles. The fourth-order valence-electron chi connectivity index (χ4n) is 4.58. The lowest BCUT2D eigenvalue weighted by molar-refractivity contribution is -0.121. The molecule has 35 heavy (non-hydrogen) atoms. The van der Waals surface area contributed by atoms with Crippen LogP contribution in [0.4, 0.5) is 0 Å². The van der Waals surface area contributed by atoms with Crippen molar-refractivity contribution in [2.75, 3.05) is 46.5 Å². The quantitative estimate of drug-likeness (QED) is 0.538. The molecule has 4 rings (SSSR count). The highest BCUT2D eigenvalue weighted by atomic mass is 32.2. The number of rotatable bonds is 10. The minimum atomic E-state index is -3.52. The molecule has 2 aromatic rings. The second kappa shape index (κ2) is 12.0. The van der Waals surface area contributed by atoms with Crippen LogP contribution in [0.15, 0.2) is 47.4 Å². The zero-order valence-electron chi connectivity index (χ0n) is 20.4. The summed E-state index contributed by atoms with van der Waals surface area (Å²) in [7, 11) is -1.97. The van der Waals surface area contributed by atoms with Gasteiger partial charge in [-0.25, -0.2) is 8.42 Å². The van der Waals surface area contributed by atoms with Crippen molar-refractivity contribution in [3.8, 4) is 5.75 Å². The molecule has 0 radical (unpaired) electrons. The summed E-state index contributed by atoms with van der Waals surface area (Å²) < 4.78 is 38.2. The van der Waals surface area contributed by atoms with Gasteiger partial charge in [0, 0.05) is 45.7 Å². The van der Waals surface area contributed by atoms with Gasteiger partial charge in [-0.1, -0.05) is 24.3 Å². The summed E-state index contributed by atoms with van der Waals surface area (Å²) in [5, 5.41) is 2.99. The number of morpholine rings is 1. The van der Waals surface area contributed by atoms with Crippen molar-refractivity contribution in [1.82, 2.24) is 14.5 Å². The normalized spacial score (nSPS) is 17.4. The molecule has 1 N–H and O–H groups in total. The molecule has 0 saturated carbocycles. The first kappa shape index (κ1) is 25.6. The summed E-state index contributed by atoms with van der Waals surface area (Å²) in [6.07, 6.45) is 2.42. The van der Waals surface area contributed by atoms with Crippen molar-refractivity contribution in [3.63, 3.8) is 0 Å². The van der Waals surface area contributed by atoms with E-state index in [2.05, 4.69) is 22.3 Å². The van der Waals surface area contributed by atoms with E-state index in [9.17, 15) is 13.2 Å². The monoisotopic (exact) mass is 501 g/mol. The lowest BCUT2D eigenvalue weighted by Gasteiger charge is -2.26. The van der Waals surface area contributed by atoms with E-state index in [0.717, 1.165) is 56.8 Å². The number of carbonyl (C=O) groups is 1. The van der Waals surface area contributed by atoms with Gasteiger partial charge in [0.1, 0.15) is 5.75 Å². The van der Waals surface area contributed by atoms with E-state index < -0.39 is 10.0 Å². The highest BCUT2D eigenvalue weighted by molar-refractivity contribution is 7.89. The highest BCUT2D eigenvalue weighted by Crippen LogP contribution is 2.27. The first-order valence-electron chi connectivity index (χ1n) is 12.3. The smallest absolute Gasteiger partial charge is 0.243 e. The predicted molar refractivity (Wildman–Crippen MR) is 134 cm³/mol. The van der Waals surface area contributed by atoms with Gasteiger partial charge in [0.05, 0.1) is 25.2 Å². The molecule has 2 heterocycles. The van der Waals surface area contributed by atoms with Crippen molar-refractivity contribution >= 4 is 15.9 Å². The Balaban J connectivity index is 1.32. The van der Waals surface area contributed by atoms with Crippen LogP contribution in [0.5, 0.6) is 5.75 Å². The number of sulfonamides is 1. The van der Waals surface area contributed by atoms with Crippen LogP contribution >= 0.6 is 0 Å². The van der Waals surface area contributed by atoms with Crippen LogP contribution in [0.25, 0.3) is 0 Å². The zero-order valence-corrected chi connectivity index (χ0v) is 21.2. The Bertz CT molecular complexity index is 1110. The maximum atomic E-state index is 12.9. The van der Waals surface area contributed by atoms with Gasteiger partial charge in [-0.2, -0.15) is 4.31 Å². The van der Waals surface area contributed by atoms with E-state index >= 15 is 0 Å². The zero-order chi connectivity index (χ0) is 24.7. The number of amides is 1. The molecule has 1 amide bonds. The van der Waals surface area contributed by atoms with E-state index in [1.54, 1.807) is 25.3 Å². The lowest BCUT2D eigenvalue weighted by atomic mass is 10.1. The Morgan fingerprint density at radius 1 is 1.03 bits per heavy atom. The molecular weight excluding hydrogens is 466 g/mol. The van der Waals surface area contributed by atoms with Gasteiger partial charge in [0.15, 0.2) is 0 Å². The average molecular weight is 502 g/mol. The first-order chi connectivity index (χ1) is 17.0. The van der Waals surface area contributed by atoms with Gasteiger partial charge in [0.2, 0.25) is 15.9 Å². The van der Waals surface area contributed by atoms with Crippen LogP contribution in [0, 0.1) is 0 Å². The number of benzene rings is 2. The van der Waals surface area contributed by atoms with E-state index in [-0.39, 0.29) is 17.2 Å². The van der Waals surface area contributed by atoms with Crippen LogP contribution < -0.4 is 10.1 Å². The van der Waals surface area contributed by atoms with Crippen LogP contribution in [-0.4, -0.2) is 70.0 Å². The summed E-state index contributed by atoms with van der Waals surface area (Å²) in [5.74, 6) is 0.507. The molecule has 0 bridgehead atoms. The fraction of sp³-hybridized carbons (Fsp3) is 0.500. The third-order valence-corrected chi connectivity index (χ3v) is 8.46. The van der Waals surface area contributed by atoms with Crippen molar-refractivity contribution in [1.29, 1.82) is 0 Å². The number of nitrogens with one attached hydrogen (secondary N) is 1. The van der Waals surface area contributed by atoms with Gasteiger partial charge < -0.3 is 14.8 Å². The minimum Gasteiger partial charge on any atom is -0.496 e. The molecular formula is C26H35N3O5S. The molecule has 0 aromatic heterocycles. The maximum Gasteiger partial charge on any atom is 0.243 e. The molecule has 0 atom stereocenters. The van der Waals surface area contributed by atoms with Gasteiger partial charge in [-0.05, 0) is 54.2 Å². The van der Waals surface area contributed by atoms with Gasteiger partial charge in [-0.15, -0.1) is 0 Å². The van der Waals surface area contributed by atoms with Gasteiger partial charge >= 0.3 is 0 Å². The lowest BCUT2D eigenvalue weighted by Crippen LogP contribution is -2.35. The number of methoxy groups -OCH3 is 1. The first-order valence-corrected chi connectivity index (χ1v) is 13.7. The van der Waals surface area contributed by atoms with Gasteiger partial charge in [0.25, 0.3) is 0 Å². The number of aryl methyl sites for hydroxylation is 1. The third kappa shape index (κ3) is 6.82. The van der Waals surface area contributed by atoms with Crippen LogP contribution in [0.3, 0.4) is 0 Å². The Morgan fingerprint density at radius 3 is 2.51 bits per heavy atom. The Kier molecular flexibility index (Phi) is 8.78. The Hall–Kier alpha value is -2.46. The molecule has 0 aliphatic carbocycles. The molecule has 0 spiro atoms. The Morgan fingerprint density at radius 2 is 1.77 bits per heavy atom. The summed E-state index contributed by atoms with van der Waals surface area (Å²) in [6, 6.07) is 13.2. The minimum absolute atomic E-state index is 0.0848. The van der Waals surface area contributed by atoms with E-state index in [0.29, 0.717) is 31.8 Å². The molecule has 8 nitrogen and oxygen atoms in total. The summed E-state index contributed by atoms with van der Waals surface area (Å²) in [4.78, 5) is 15.2.